The first-order valence-electron chi connectivity index (χ1n) is 7.12. The van der Waals surface area contributed by atoms with Crippen LogP contribution in [0.15, 0.2) is 36.5 Å². The topological polar surface area (TPSA) is 86.8 Å². The minimum absolute atomic E-state index is 0.0455. The van der Waals surface area contributed by atoms with Crippen LogP contribution in [-0.2, 0) is 16.0 Å². The van der Waals surface area contributed by atoms with Gasteiger partial charge < -0.3 is 19.5 Å². The van der Waals surface area contributed by atoms with E-state index in [2.05, 4.69) is 10.3 Å². The zero-order valence-corrected chi connectivity index (χ0v) is 13.7. The molecule has 7 nitrogen and oxygen atoms in total. The lowest BCUT2D eigenvalue weighted by Crippen LogP contribution is -2.18. The zero-order valence-electron chi connectivity index (χ0n) is 13.7. The van der Waals surface area contributed by atoms with Gasteiger partial charge in [-0.05, 0) is 24.3 Å². The van der Waals surface area contributed by atoms with Gasteiger partial charge in [0.1, 0.15) is 11.5 Å². The molecule has 1 aromatic carbocycles. The monoisotopic (exact) mass is 330 g/mol. The molecule has 2 rings (SSSR count). The lowest BCUT2D eigenvalue weighted by Gasteiger charge is -2.11. The summed E-state index contributed by atoms with van der Waals surface area (Å²) in [6.07, 6.45) is 1.61. The first-order chi connectivity index (χ1) is 11.6. The summed E-state index contributed by atoms with van der Waals surface area (Å²) < 4.78 is 14.9. The Labute approximate surface area is 139 Å². The number of hydrogen-bond donors (Lipinski definition) is 1. The van der Waals surface area contributed by atoms with E-state index in [1.165, 1.54) is 20.3 Å². The molecule has 0 fully saturated rings. The quantitative estimate of drug-likeness (QED) is 0.816. The Balaban J connectivity index is 2.17. The van der Waals surface area contributed by atoms with Gasteiger partial charge in [0.25, 0.3) is 0 Å². The summed E-state index contributed by atoms with van der Waals surface area (Å²) in [5.74, 6) is 0.227. The molecule has 1 heterocycles. The summed E-state index contributed by atoms with van der Waals surface area (Å²) in [5.41, 5.74) is 1.11. The molecule has 126 valence electrons. The lowest BCUT2D eigenvalue weighted by molar-refractivity contribution is -0.115. The average Bonchev–Trinajstić information content (AvgIpc) is 2.61. The van der Waals surface area contributed by atoms with Crippen molar-refractivity contribution in [1.82, 2.24) is 4.98 Å². The molecule has 7 heteroatoms. The van der Waals surface area contributed by atoms with E-state index in [-0.39, 0.29) is 17.9 Å². The molecule has 0 aliphatic heterocycles. The van der Waals surface area contributed by atoms with E-state index in [4.69, 9.17) is 14.2 Å². The maximum Gasteiger partial charge on any atom is 0.340 e. The Bertz CT molecular complexity index is 746. The van der Waals surface area contributed by atoms with Crippen molar-refractivity contribution in [2.75, 3.05) is 26.6 Å². The van der Waals surface area contributed by atoms with Crippen molar-refractivity contribution < 1.29 is 23.8 Å². The molecular formula is C17H18N2O5. The summed E-state index contributed by atoms with van der Waals surface area (Å²) in [6, 6.07) is 8.11. The van der Waals surface area contributed by atoms with Gasteiger partial charge in [0, 0.05) is 12.3 Å². The van der Waals surface area contributed by atoms with Crippen molar-refractivity contribution in [2.45, 2.75) is 6.42 Å². The van der Waals surface area contributed by atoms with Crippen LogP contribution >= 0.6 is 0 Å². The minimum atomic E-state index is -0.566. The molecule has 0 bridgehead atoms. The van der Waals surface area contributed by atoms with Gasteiger partial charge >= 0.3 is 5.97 Å². The zero-order chi connectivity index (χ0) is 17.5. The van der Waals surface area contributed by atoms with Gasteiger partial charge in [0.15, 0.2) is 0 Å². The van der Waals surface area contributed by atoms with Crippen LogP contribution < -0.4 is 14.8 Å². The Kier molecular flexibility index (Phi) is 5.73. The van der Waals surface area contributed by atoms with Crippen LogP contribution in [-0.4, -0.2) is 38.2 Å². The predicted molar refractivity (Wildman–Crippen MR) is 87.5 cm³/mol. The molecular weight excluding hydrogens is 312 g/mol. The SMILES string of the molecule is COC(=O)c1cc(OC)ccc1NC(=O)Cc1cc(OC)ccn1. The van der Waals surface area contributed by atoms with Crippen molar-refractivity contribution in [1.29, 1.82) is 0 Å². The van der Waals surface area contributed by atoms with Crippen molar-refractivity contribution >= 4 is 17.6 Å². The molecule has 1 aromatic heterocycles. The third kappa shape index (κ3) is 4.22. The van der Waals surface area contributed by atoms with Crippen LogP contribution in [0.25, 0.3) is 0 Å². The van der Waals surface area contributed by atoms with E-state index in [1.54, 1.807) is 37.6 Å². The van der Waals surface area contributed by atoms with E-state index in [0.717, 1.165) is 0 Å². The Hall–Kier alpha value is -3.09. The second kappa shape index (κ2) is 7.96. The number of ether oxygens (including phenoxy) is 3. The van der Waals surface area contributed by atoms with Crippen molar-refractivity contribution in [3.8, 4) is 11.5 Å². The van der Waals surface area contributed by atoms with Gasteiger partial charge in [-0.15, -0.1) is 0 Å². The van der Waals surface area contributed by atoms with Crippen molar-refractivity contribution in [3.05, 3.63) is 47.8 Å². The number of pyridine rings is 1. The number of hydrogen-bond acceptors (Lipinski definition) is 6. The smallest absolute Gasteiger partial charge is 0.340 e. The van der Waals surface area contributed by atoms with Gasteiger partial charge in [0.2, 0.25) is 5.91 Å². The molecule has 0 unspecified atom stereocenters. The van der Waals surface area contributed by atoms with E-state index in [1.807, 2.05) is 0 Å². The highest BCUT2D eigenvalue weighted by Gasteiger charge is 2.16. The third-order valence-corrected chi connectivity index (χ3v) is 3.27. The molecule has 2 aromatic rings. The van der Waals surface area contributed by atoms with Crippen LogP contribution in [0.5, 0.6) is 11.5 Å². The summed E-state index contributed by atoms with van der Waals surface area (Å²) in [7, 11) is 4.30. The molecule has 0 spiro atoms. The van der Waals surface area contributed by atoms with Crippen LogP contribution in [0, 0.1) is 0 Å². The van der Waals surface area contributed by atoms with Gasteiger partial charge in [0.05, 0.1) is 44.7 Å². The number of methoxy groups -OCH3 is 3. The van der Waals surface area contributed by atoms with E-state index in [9.17, 15) is 9.59 Å². The third-order valence-electron chi connectivity index (χ3n) is 3.27. The minimum Gasteiger partial charge on any atom is -0.497 e. The van der Waals surface area contributed by atoms with Crippen molar-refractivity contribution in [2.24, 2.45) is 0 Å². The molecule has 0 aliphatic carbocycles. The number of carbonyl (C=O) groups excluding carboxylic acids is 2. The van der Waals surface area contributed by atoms with Crippen LogP contribution in [0.4, 0.5) is 5.69 Å². The van der Waals surface area contributed by atoms with E-state index < -0.39 is 5.97 Å². The fourth-order valence-electron chi connectivity index (χ4n) is 2.08. The Morgan fingerprint density at radius 2 is 1.75 bits per heavy atom. The fraction of sp³-hybridized carbons (Fsp3) is 0.235. The molecule has 0 saturated carbocycles. The highest BCUT2D eigenvalue weighted by atomic mass is 16.5. The second-order valence-corrected chi connectivity index (χ2v) is 4.82. The van der Waals surface area contributed by atoms with E-state index in [0.29, 0.717) is 22.9 Å². The van der Waals surface area contributed by atoms with Gasteiger partial charge in [-0.3, -0.25) is 9.78 Å². The van der Waals surface area contributed by atoms with Gasteiger partial charge in [-0.2, -0.15) is 0 Å². The number of benzene rings is 1. The number of amides is 1. The summed E-state index contributed by atoms with van der Waals surface area (Å²) in [4.78, 5) is 28.2. The average molecular weight is 330 g/mol. The first kappa shape index (κ1) is 17.3. The van der Waals surface area contributed by atoms with Crippen LogP contribution in [0.3, 0.4) is 0 Å². The van der Waals surface area contributed by atoms with E-state index >= 15 is 0 Å². The summed E-state index contributed by atoms with van der Waals surface area (Å²) in [6.45, 7) is 0. The summed E-state index contributed by atoms with van der Waals surface area (Å²) in [5, 5.41) is 2.69. The number of esters is 1. The number of anilines is 1. The normalized spacial score (nSPS) is 9.96. The molecule has 0 saturated heterocycles. The standard InChI is InChI=1S/C17H18N2O5/c1-22-12-4-5-15(14(10-12)17(21)24-3)19-16(20)9-11-8-13(23-2)6-7-18-11/h4-8,10H,9H2,1-3H3,(H,19,20). The second-order valence-electron chi connectivity index (χ2n) is 4.82. The largest absolute Gasteiger partial charge is 0.497 e. The lowest BCUT2D eigenvalue weighted by atomic mass is 10.1. The highest BCUT2D eigenvalue weighted by Crippen LogP contribution is 2.23. The molecule has 1 N–H and O–H groups in total. The number of nitrogens with one attached hydrogen (secondary N) is 1. The number of carbonyl (C=O) groups is 2. The number of rotatable bonds is 6. The highest BCUT2D eigenvalue weighted by molar-refractivity contribution is 6.02. The molecule has 0 aliphatic rings. The fourth-order valence-corrected chi connectivity index (χ4v) is 2.08. The molecule has 0 radical (unpaired) electrons. The van der Waals surface area contributed by atoms with Gasteiger partial charge in [-0.1, -0.05) is 0 Å². The molecule has 0 atom stereocenters. The summed E-state index contributed by atoms with van der Waals surface area (Å²) >= 11 is 0. The van der Waals surface area contributed by atoms with Crippen LogP contribution in [0.2, 0.25) is 0 Å². The Morgan fingerprint density at radius 1 is 1.04 bits per heavy atom. The predicted octanol–water partition coefficient (Wildman–Crippen LogP) is 2.07. The number of aromatic nitrogens is 1. The molecule has 24 heavy (non-hydrogen) atoms. The molecule has 1 amide bonds. The Morgan fingerprint density at radius 3 is 2.42 bits per heavy atom. The van der Waals surface area contributed by atoms with Crippen molar-refractivity contribution in [3.63, 3.8) is 0 Å². The maximum absolute atomic E-state index is 12.2. The van der Waals surface area contributed by atoms with Crippen LogP contribution in [0.1, 0.15) is 16.1 Å². The number of nitrogens with zero attached hydrogens (tertiary/aromatic N) is 1. The van der Waals surface area contributed by atoms with Gasteiger partial charge in [-0.25, -0.2) is 4.79 Å². The maximum atomic E-state index is 12.2. The first-order valence-corrected chi connectivity index (χ1v) is 7.12.